The van der Waals surface area contributed by atoms with Crippen LogP contribution >= 0.6 is 11.6 Å². The van der Waals surface area contributed by atoms with E-state index in [4.69, 9.17) is 11.6 Å². The number of piperidine rings is 1. The molecule has 0 saturated carbocycles. The van der Waals surface area contributed by atoms with E-state index in [-0.39, 0.29) is 17.8 Å². The Morgan fingerprint density at radius 3 is 2.59 bits per heavy atom. The maximum atomic E-state index is 13.0. The molecule has 2 aromatic carbocycles. The van der Waals surface area contributed by atoms with E-state index in [1.807, 2.05) is 24.3 Å². The summed E-state index contributed by atoms with van der Waals surface area (Å²) >= 11 is 6.07. The van der Waals surface area contributed by atoms with Crippen LogP contribution in [0.4, 0.5) is 10.1 Å². The zero-order valence-electron chi connectivity index (χ0n) is 14.7. The van der Waals surface area contributed by atoms with Gasteiger partial charge in [0.05, 0.1) is 5.52 Å². The molecule has 0 aliphatic carbocycles. The van der Waals surface area contributed by atoms with Crippen LogP contribution in [0, 0.1) is 5.82 Å². The monoisotopic (exact) mass is 383 g/mol. The lowest BCUT2D eigenvalue weighted by Gasteiger charge is -2.34. The Labute approximate surface area is 162 Å². The van der Waals surface area contributed by atoms with Crippen molar-refractivity contribution in [1.29, 1.82) is 0 Å². The minimum Gasteiger partial charge on any atom is -0.371 e. The number of carbonyl (C=O) groups is 1. The summed E-state index contributed by atoms with van der Waals surface area (Å²) in [6.45, 7) is 1.69. The second kappa shape index (κ2) is 7.53. The van der Waals surface area contributed by atoms with Gasteiger partial charge in [-0.25, -0.2) is 4.39 Å². The standard InChI is InChI=1S/C21H19ClFN3O/c22-15-3-6-18-19(13-15)24-10-7-20(18)26-11-8-17(9-12-26)25-21(27)14-1-4-16(23)5-2-14/h1-7,10,13,17H,8-9,11-12H2,(H,25,27). The molecule has 0 radical (unpaired) electrons. The Morgan fingerprint density at radius 2 is 1.85 bits per heavy atom. The number of aromatic nitrogens is 1. The number of hydrogen-bond donors (Lipinski definition) is 1. The first-order valence-corrected chi connectivity index (χ1v) is 9.33. The minimum absolute atomic E-state index is 0.112. The van der Waals surface area contributed by atoms with Crippen LogP contribution in [-0.2, 0) is 0 Å². The minimum atomic E-state index is -0.342. The molecule has 1 fully saturated rings. The van der Waals surface area contributed by atoms with Crippen LogP contribution in [0.15, 0.2) is 54.7 Å². The van der Waals surface area contributed by atoms with Crippen LogP contribution in [-0.4, -0.2) is 30.0 Å². The molecule has 1 aliphatic heterocycles. The summed E-state index contributed by atoms with van der Waals surface area (Å²) in [6, 6.07) is 13.5. The first kappa shape index (κ1) is 17.7. The fourth-order valence-corrected chi connectivity index (χ4v) is 3.68. The molecule has 27 heavy (non-hydrogen) atoms. The molecule has 1 saturated heterocycles. The van der Waals surface area contributed by atoms with Gasteiger partial charge in [0.15, 0.2) is 0 Å². The van der Waals surface area contributed by atoms with E-state index >= 15 is 0 Å². The third-order valence-corrected chi connectivity index (χ3v) is 5.19. The number of hydrogen-bond acceptors (Lipinski definition) is 3. The van der Waals surface area contributed by atoms with Gasteiger partial charge in [0.25, 0.3) is 5.91 Å². The van der Waals surface area contributed by atoms with Gasteiger partial charge in [0, 0.05) is 47.0 Å². The van der Waals surface area contributed by atoms with E-state index in [2.05, 4.69) is 15.2 Å². The molecule has 1 aromatic heterocycles. The van der Waals surface area contributed by atoms with E-state index in [0.29, 0.717) is 10.6 Å². The molecule has 0 atom stereocenters. The van der Waals surface area contributed by atoms with Crippen LogP contribution in [0.25, 0.3) is 10.9 Å². The number of carbonyl (C=O) groups excluding carboxylic acids is 1. The van der Waals surface area contributed by atoms with Gasteiger partial charge < -0.3 is 10.2 Å². The number of fused-ring (bicyclic) bond motifs is 1. The zero-order chi connectivity index (χ0) is 18.8. The number of nitrogens with one attached hydrogen (secondary N) is 1. The van der Waals surface area contributed by atoms with Crippen LogP contribution in [0.3, 0.4) is 0 Å². The summed E-state index contributed by atoms with van der Waals surface area (Å²) < 4.78 is 13.0. The van der Waals surface area contributed by atoms with Crippen molar-refractivity contribution >= 4 is 34.1 Å². The molecule has 0 bridgehead atoms. The zero-order valence-corrected chi connectivity index (χ0v) is 15.4. The van der Waals surface area contributed by atoms with E-state index in [1.54, 1.807) is 6.20 Å². The topological polar surface area (TPSA) is 45.2 Å². The fourth-order valence-electron chi connectivity index (χ4n) is 3.52. The van der Waals surface area contributed by atoms with Crippen molar-refractivity contribution in [2.24, 2.45) is 0 Å². The van der Waals surface area contributed by atoms with Crippen molar-refractivity contribution in [1.82, 2.24) is 10.3 Å². The van der Waals surface area contributed by atoms with Crippen molar-refractivity contribution in [2.45, 2.75) is 18.9 Å². The van der Waals surface area contributed by atoms with Gasteiger partial charge in [-0.3, -0.25) is 9.78 Å². The lowest BCUT2D eigenvalue weighted by Crippen LogP contribution is -2.44. The van der Waals surface area contributed by atoms with Gasteiger partial charge in [-0.15, -0.1) is 0 Å². The van der Waals surface area contributed by atoms with Crippen LogP contribution in [0.2, 0.25) is 5.02 Å². The number of pyridine rings is 1. The molecule has 6 heteroatoms. The van der Waals surface area contributed by atoms with E-state index in [9.17, 15) is 9.18 Å². The number of halogens is 2. The number of rotatable bonds is 3. The molecular formula is C21H19ClFN3O. The van der Waals surface area contributed by atoms with E-state index in [1.165, 1.54) is 24.3 Å². The average Bonchev–Trinajstić information content (AvgIpc) is 2.68. The first-order chi connectivity index (χ1) is 13.1. The third kappa shape index (κ3) is 3.88. The Morgan fingerprint density at radius 1 is 1.11 bits per heavy atom. The largest absolute Gasteiger partial charge is 0.371 e. The predicted octanol–water partition coefficient (Wildman–Crippen LogP) is 4.43. The summed E-state index contributed by atoms with van der Waals surface area (Å²) in [6.07, 6.45) is 3.51. The van der Waals surface area contributed by atoms with E-state index in [0.717, 1.165) is 42.5 Å². The van der Waals surface area contributed by atoms with Crippen LogP contribution < -0.4 is 10.2 Å². The molecule has 1 N–H and O–H groups in total. The van der Waals surface area contributed by atoms with Crippen molar-refractivity contribution < 1.29 is 9.18 Å². The number of anilines is 1. The second-order valence-electron chi connectivity index (χ2n) is 6.73. The van der Waals surface area contributed by atoms with Crippen LogP contribution in [0.1, 0.15) is 23.2 Å². The molecule has 3 aromatic rings. The highest BCUT2D eigenvalue weighted by Gasteiger charge is 2.22. The molecule has 4 nitrogen and oxygen atoms in total. The Bertz CT molecular complexity index is 969. The smallest absolute Gasteiger partial charge is 0.251 e. The molecular weight excluding hydrogens is 365 g/mol. The highest BCUT2D eigenvalue weighted by Crippen LogP contribution is 2.29. The van der Waals surface area contributed by atoms with Gasteiger partial charge in [-0.05, 0) is 61.4 Å². The van der Waals surface area contributed by atoms with E-state index < -0.39 is 0 Å². The Kier molecular flexibility index (Phi) is 4.94. The quantitative estimate of drug-likeness (QED) is 0.727. The maximum Gasteiger partial charge on any atom is 0.251 e. The lowest BCUT2D eigenvalue weighted by atomic mass is 10.0. The normalized spacial score (nSPS) is 15.1. The van der Waals surface area contributed by atoms with Crippen molar-refractivity contribution in [3.8, 4) is 0 Å². The fraction of sp³-hybridized carbons (Fsp3) is 0.238. The SMILES string of the molecule is O=C(NC1CCN(c2ccnc3cc(Cl)ccc23)CC1)c1ccc(F)cc1. The van der Waals surface area contributed by atoms with Gasteiger partial charge >= 0.3 is 0 Å². The summed E-state index contributed by atoms with van der Waals surface area (Å²) in [5.74, 6) is -0.497. The molecule has 1 amide bonds. The summed E-state index contributed by atoms with van der Waals surface area (Å²) in [5, 5.41) is 4.81. The molecule has 4 rings (SSSR count). The van der Waals surface area contributed by atoms with Crippen molar-refractivity contribution in [2.75, 3.05) is 18.0 Å². The maximum absolute atomic E-state index is 13.0. The van der Waals surface area contributed by atoms with Crippen molar-refractivity contribution in [3.63, 3.8) is 0 Å². The average molecular weight is 384 g/mol. The molecule has 0 spiro atoms. The number of benzene rings is 2. The third-order valence-electron chi connectivity index (χ3n) is 4.96. The summed E-state index contributed by atoms with van der Waals surface area (Å²) in [7, 11) is 0. The number of nitrogens with zero attached hydrogens (tertiary/aromatic N) is 2. The molecule has 138 valence electrons. The van der Waals surface area contributed by atoms with Crippen molar-refractivity contribution in [3.05, 3.63) is 71.1 Å². The first-order valence-electron chi connectivity index (χ1n) is 8.96. The van der Waals surface area contributed by atoms with Gasteiger partial charge in [-0.2, -0.15) is 0 Å². The van der Waals surface area contributed by atoms with Crippen LogP contribution in [0.5, 0.6) is 0 Å². The van der Waals surface area contributed by atoms with Gasteiger partial charge in [0.1, 0.15) is 5.82 Å². The Balaban J connectivity index is 1.42. The predicted molar refractivity (Wildman–Crippen MR) is 106 cm³/mol. The molecule has 1 aliphatic rings. The number of amides is 1. The lowest BCUT2D eigenvalue weighted by molar-refractivity contribution is 0.0931. The summed E-state index contributed by atoms with van der Waals surface area (Å²) in [4.78, 5) is 19.0. The highest BCUT2D eigenvalue weighted by atomic mass is 35.5. The second-order valence-corrected chi connectivity index (χ2v) is 7.17. The molecule has 0 unspecified atom stereocenters. The Hall–Kier alpha value is -2.66. The van der Waals surface area contributed by atoms with Gasteiger partial charge in [-0.1, -0.05) is 11.6 Å². The highest BCUT2D eigenvalue weighted by molar-refractivity contribution is 6.31. The summed E-state index contributed by atoms with van der Waals surface area (Å²) in [5.41, 5.74) is 2.50. The van der Waals surface area contributed by atoms with Gasteiger partial charge in [0.2, 0.25) is 0 Å². The molecule has 2 heterocycles.